The first-order valence-corrected chi connectivity index (χ1v) is 8.18. The summed E-state index contributed by atoms with van der Waals surface area (Å²) in [5.41, 5.74) is 0.598. The molecule has 2 N–H and O–H groups in total. The second-order valence-electron chi connectivity index (χ2n) is 5.36. The molecule has 2 rings (SSSR count). The number of methoxy groups -OCH3 is 2. The van der Waals surface area contributed by atoms with Crippen LogP contribution in [0, 0.1) is 0 Å². The zero-order valence-electron chi connectivity index (χ0n) is 15.4. The third kappa shape index (κ3) is 6.52. The molecule has 1 aromatic carbocycles. The fourth-order valence-corrected chi connectivity index (χ4v) is 2.10. The minimum Gasteiger partial charge on any atom is -0.497 e. The number of carbonyl (C=O) groups excluding carboxylic acids is 3. The molecule has 28 heavy (non-hydrogen) atoms. The van der Waals surface area contributed by atoms with Crippen LogP contribution in [0.5, 0.6) is 11.5 Å². The monoisotopic (exact) mass is 388 g/mol. The van der Waals surface area contributed by atoms with Crippen molar-refractivity contribution in [3.05, 3.63) is 54.0 Å². The Morgan fingerprint density at radius 2 is 1.96 bits per heavy atom. The van der Waals surface area contributed by atoms with Crippen molar-refractivity contribution in [1.82, 2.24) is 10.6 Å². The highest BCUT2D eigenvalue weighted by Gasteiger charge is 2.10. The normalized spacial score (nSPS) is 10.4. The zero-order chi connectivity index (χ0) is 20.4. The van der Waals surface area contributed by atoms with Crippen molar-refractivity contribution in [2.45, 2.75) is 6.54 Å². The van der Waals surface area contributed by atoms with E-state index in [0.29, 0.717) is 22.8 Å². The van der Waals surface area contributed by atoms with Crippen LogP contribution in [0.25, 0.3) is 6.08 Å². The summed E-state index contributed by atoms with van der Waals surface area (Å²) >= 11 is 0. The Bertz CT molecular complexity index is 844. The number of urea groups is 1. The Labute approximate surface area is 161 Å². The predicted molar refractivity (Wildman–Crippen MR) is 98.6 cm³/mol. The van der Waals surface area contributed by atoms with E-state index in [9.17, 15) is 14.4 Å². The predicted octanol–water partition coefficient (Wildman–Crippen LogP) is 1.88. The smallest absolute Gasteiger partial charge is 0.331 e. The van der Waals surface area contributed by atoms with E-state index in [2.05, 4.69) is 5.32 Å². The van der Waals surface area contributed by atoms with E-state index in [1.165, 1.54) is 26.6 Å². The number of imide groups is 1. The molecular weight excluding hydrogens is 368 g/mol. The van der Waals surface area contributed by atoms with Crippen LogP contribution in [0.15, 0.2) is 47.1 Å². The van der Waals surface area contributed by atoms with Gasteiger partial charge in [-0.15, -0.1) is 0 Å². The quantitative estimate of drug-likeness (QED) is 0.524. The maximum atomic E-state index is 11.8. The number of ether oxygens (including phenoxy) is 3. The van der Waals surface area contributed by atoms with E-state index >= 15 is 0 Å². The Morgan fingerprint density at radius 1 is 1.14 bits per heavy atom. The molecule has 1 heterocycles. The fourth-order valence-electron chi connectivity index (χ4n) is 2.10. The van der Waals surface area contributed by atoms with Gasteiger partial charge in [0.1, 0.15) is 17.3 Å². The van der Waals surface area contributed by atoms with Gasteiger partial charge in [-0.25, -0.2) is 9.59 Å². The number of carbonyl (C=O) groups is 3. The summed E-state index contributed by atoms with van der Waals surface area (Å²) in [4.78, 5) is 35.0. The Hall–Kier alpha value is -3.75. The molecule has 0 radical (unpaired) electrons. The molecule has 1 aromatic heterocycles. The van der Waals surface area contributed by atoms with E-state index < -0.39 is 24.5 Å². The van der Waals surface area contributed by atoms with Gasteiger partial charge in [-0.05, 0) is 36.4 Å². The number of furan rings is 1. The van der Waals surface area contributed by atoms with Crippen molar-refractivity contribution in [2.24, 2.45) is 0 Å². The number of rotatable bonds is 8. The highest BCUT2D eigenvalue weighted by molar-refractivity contribution is 5.96. The lowest BCUT2D eigenvalue weighted by Gasteiger charge is -2.07. The number of amides is 3. The van der Waals surface area contributed by atoms with Crippen molar-refractivity contribution in [2.75, 3.05) is 20.8 Å². The van der Waals surface area contributed by atoms with Crippen molar-refractivity contribution >= 4 is 24.0 Å². The molecule has 0 fully saturated rings. The molecule has 0 aliphatic carbocycles. The van der Waals surface area contributed by atoms with Gasteiger partial charge < -0.3 is 23.9 Å². The van der Waals surface area contributed by atoms with Gasteiger partial charge in [0.05, 0.1) is 27.0 Å². The Morgan fingerprint density at radius 3 is 2.64 bits per heavy atom. The van der Waals surface area contributed by atoms with Gasteiger partial charge in [-0.1, -0.05) is 0 Å². The van der Waals surface area contributed by atoms with Crippen LogP contribution >= 0.6 is 0 Å². The summed E-state index contributed by atoms with van der Waals surface area (Å²) in [7, 11) is 3.02. The molecule has 9 nitrogen and oxygen atoms in total. The molecule has 0 aliphatic rings. The topological polar surface area (TPSA) is 116 Å². The molecule has 9 heteroatoms. The van der Waals surface area contributed by atoms with Gasteiger partial charge in [0.15, 0.2) is 6.61 Å². The SMILES string of the molecule is COc1ccc(OC)c(/C=C/C(=O)OCC(=O)NC(=O)NCc2ccco2)c1. The molecule has 0 unspecified atom stereocenters. The summed E-state index contributed by atoms with van der Waals surface area (Å²) < 4.78 is 20.2. The zero-order valence-corrected chi connectivity index (χ0v) is 15.4. The number of benzene rings is 1. The van der Waals surface area contributed by atoms with Crippen molar-refractivity contribution in [3.63, 3.8) is 0 Å². The van der Waals surface area contributed by atoms with Gasteiger partial charge in [0.2, 0.25) is 0 Å². The van der Waals surface area contributed by atoms with Gasteiger partial charge in [-0.3, -0.25) is 10.1 Å². The van der Waals surface area contributed by atoms with Crippen molar-refractivity contribution in [1.29, 1.82) is 0 Å². The summed E-state index contributed by atoms with van der Waals surface area (Å²) in [5.74, 6) is 0.144. The van der Waals surface area contributed by atoms with Crippen LogP contribution < -0.4 is 20.1 Å². The standard InChI is InChI=1S/C19H20N2O7/c1-25-14-6-7-16(26-2)13(10-14)5-8-18(23)28-12-17(22)21-19(24)20-11-15-4-3-9-27-15/h3-10H,11-12H2,1-2H3,(H2,20,21,22,24)/b8-5+. The van der Waals surface area contributed by atoms with Crippen LogP contribution in [0.1, 0.15) is 11.3 Å². The number of nitrogens with one attached hydrogen (secondary N) is 2. The first kappa shape index (κ1) is 20.6. The number of hydrogen-bond acceptors (Lipinski definition) is 7. The van der Waals surface area contributed by atoms with E-state index in [0.717, 1.165) is 6.08 Å². The Kier molecular flexibility index (Phi) is 7.64. The molecule has 0 atom stereocenters. The maximum absolute atomic E-state index is 11.8. The third-order valence-corrected chi connectivity index (χ3v) is 3.44. The van der Waals surface area contributed by atoms with Crippen LogP contribution in [0.3, 0.4) is 0 Å². The van der Waals surface area contributed by atoms with Crippen molar-refractivity contribution < 1.29 is 33.0 Å². The first-order valence-electron chi connectivity index (χ1n) is 8.18. The van der Waals surface area contributed by atoms with Crippen LogP contribution in [0.4, 0.5) is 4.79 Å². The minimum atomic E-state index is -0.766. The fraction of sp³-hybridized carbons (Fsp3) is 0.211. The largest absolute Gasteiger partial charge is 0.497 e. The second kappa shape index (κ2) is 10.4. The molecule has 148 valence electrons. The van der Waals surface area contributed by atoms with Crippen molar-refractivity contribution in [3.8, 4) is 11.5 Å². The average molecular weight is 388 g/mol. The number of hydrogen-bond donors (Lipinski definition) is 2. The number of esters is 1. The molecule has 0 bridgehead atoms. The molecule has 3 amide bonds. The molecule has 0 spiro atoms. The average Bonchev–Trinajstić information content (AvgIpc) is 3.22. The van der Waals surface area contributed by atoms with Gasteiger partial charge in [0, 0.05) is 11.6 Å². The molecule has 0 saturated heterocycles. The molecule has 2 aromatic rings. The summed E-state index contributed by atoms with van der Waals surface area (Å²) in [6.45, 7) is -0.483. The van der Waals surface area contributed by atoms with Crippen LogP contribution in [-0.4, -0.2) is 38.7 Å². The van der Waals surface area contributed by atoms with E-state index in [1.54, 1.807) is 30.3 Å². The lowest BCUT2D eigenvalue weighted by molar-refractivity contribution is -0.143. The molecule has 0 saturated carbocycles. The lowest BCUT2D eigenvalue weighted by atomic mass is 10.1. The van der Waals surface area contributed by atoms with Crippen LogP contribution in [-0.2, 0) is 20.9 Å². The lowest BCUT2D eigenvalue weighted by Crippen LogP contribution is -2.41. The van der Waals surface area contributed by atoms with E-state index in [4.69, 9.17) is 18.6 Å². The third-order valence-electron chi connectivity index (χ3n) is 3.44. The summed E-state index contributed by atoms with van der Waals surface area (Å²) in [6, 6.07) is 7.71. The summed E-state index contributed by atoms with van der Waals surface area (Å²) in [5, 5.41) is 4.47. The molecule has 0 aliphatic heterocycles. The molecular formula is C19H20N2O7. The first-order chi connectivity index (χ1) is 13.5. The highest BCUT2D eigenvalue weighted by atomic mass is 16.5. The van der Waals surface area contributed by atoms with Gasteiger partial charge in [0.25, 0.3) is 5.91 Å². The van der Waals surface area contributed by atoms with Gasteiger partial charge in [-0.2, -0.15) is 0 Å². The minimum absolute atomic E-state index is 0.122. The van der Waals surface area contributed by atoms with E-state index in [-0.39, 0.29) is 6.54 Å². The second-order valence-corrected chi connectivity index (χ2v) is 5.36. The van der Waals surface area contributed by atoms with E-state index in [1.807, 2.05) is 5.32 Å². The van der Waals surface area contributed by atoms with Gasteiger partial charge >= 0.3 is 12.0 Å². The highest BCUT2D eigenvalue weighted by Crippen LogP contribution is 2.25. The maximum Gasteiger partial charge on any atom is 0.331 e. The summed E-state index contributed by atoms with van der Waals surface area (Å²) in [6.07, 6.45) is 4.08. The van der Waals surface area contributed by atoms with Crippen LogP contribution in [0.2, 0.25) is 0 Å². The Balaban J connectivity index is 1.77.